The van der Waals surface area contributed by atoms with Crippen LogP contribution in [0, 0.1) is 19.7 Å². The third-order valence-electron chi connectivity index (χ3n) is 2.79. The summed E-state index contributed by atoms with van der Waals surface area (Å²) in [6.45, 7) is 5.24. The number of rotatable bonds is 5. The maximum atomic E-state index is 13.2. The van der Waals surface area contributed by atoms with E-state index in [1.165, 1.54) is 12.1 Å². The molecule has 0 spiro atoms. The molecule has 0 radical (unpaired) electrons. The van der Waals surface area contributed by atoms with E-state index in [4.69, 9.17) is 5.73 Å². The van der Waals surface area contributed by atoms with Crippen molar-refractivity contribution in [2.45, 2.75) is 38.1 Å². The molecule has 0 bridgehead atoms. The van der Waals surface area contributed by atoms with Crippen LogP contribution in [0.1, 0.15) is 24.5 Å². The lowest BCUT2D eigenvalue weighted by Gasteiger charge is -2.17. The molecular weight excluding hydrogens is 255 g/mol. The Hall–Kier alpha value is -0.980. The summed E-state index contributed by atoms with van der Waals surface area (Å²) >= 11 is 0. The molecule has 1 atom stereocenters. The topological polar surface area (TPSA) is 72.2 Å². The van der Waals surface area contributed by atoms with Crippen molar-refractivity contribution < 1.29 is 12.8 Å². The highest BCUT2D eigenvalue weighted by molar-refractivity contribution is 7.89. The van der Waals surface area contributed by atoms with Crippen molar-refractivity contribution >= 4 is 10.0 Å². The van der Waals surface area contributed by atoms with Gasteiger partial charge in [0.2, 0.25) is 10.0 Å². The molecule has 0 aliphatic carbocycles. The van der Waals surface area contributed by atoms with Gasteiger partial charge in [0.25, 0.3) is 0 Å². The lowest BCUT2D eigenvalue weighted by Crippen LogP contribution is -2.40. The average Bonchev–Trinajstić information content (AvgIpc) is 2.23. The molecular formula is C12H19FN2O2S. The number of halogens is 1. The van der Waals surface area contributed by atoms with E-state index >= 15 is 0 Å². The van der Waals surface area contributed by atoms with Crippen molar-refractivity contribution in [1.82, 2.24) is 4.72 Å². The van der Waals surface area contributed by atoms with E-state index in [9.17, 15) is 12.8 Å². The van der Waals surface area contributed by atoms with E-state index in [-0.39, 0.29) is 17.5 Å². The van der Waals surface area contributed by atoms with Crippen molar-refractivity contribution in [1.29, 1.82) is 0 Å². The number of benzene rings is 1. The van der Waals surface area contributed by atoms with Gasteiger partial charge in [-0.05, 0) is 43.5 Å². The number of aryl methyl sites for hydroxylation is 2. The predicted octanol–water partition coefficient (Wildman–Crippen LogP) is 1.46. The molecule has 1 unspecified atom stereocenters. The number of sulfonamides is 1. The second kappa shape index (κ2) is 5.77. The normalized spacial score (nSPS) is 13.6. The van der Waals surface area contributed by atoms with Crippen LogP contribution < -0.4 is 10.5 Å². The summed E-state index contributed by atoms with van der Waals surface area (Å²) in [4.78, 5) is 0.135. The molecule has 18 heavy (non-hydrogen) atoms. The largest absolute Gasteiger partial charge is 0.329 e. The highest BCUT2D eigenvalue weighted by Crippen LogP contribution is 2.21. The lowest BCUT2D eigenvalue weighted by atomic mass is 10.1. The molecule has 0 amide bonds. The van der Waals surface area contributed by atoms with E-state index in [1.807, 2.05) is 6.92 Å². The van der Waals surface area contributed by atoms with Crippen molar-refractivity contribution in [3.8, 4) is 0 Å². The summed E-state index contributed by atoms with van der Waals surface area (Å²) in [5.74, 6) is -0.435. The smallest absolute Gasteiger partial charge is 0.241 e. The van der Waals surface area contributed by atoms with Crippen molar-refractivity contribution in [2.75, 3.05) is 6.54 Å². The van der Waals surface area contributed by atoms with Gasteiger partial charge < -0.3 is 5.73 Å². The van der Waals surface area contributed by atoms with Crippen LogP contribution in [0.2, 0.25) is 0 Å². The second-order valence-electron chi connectivity index (χ2n) is 4.33. The average molecular weight is 274 g/mol. The van der Waals surface area contributed by atoms with Crippen LogP contribution in [0.5, 0.6) is 0 Å². The SMILES string of the molecule is CCC(CN)NS(=O)(=O)c1c(C)cc(F)cc1C. The Balaban J connectivity index is 3.21. The van der Waals surface area contributed by atoms with Gasteiger partial charge in [0.15, 0.2) is 0 Å². The number of nitrogens with two attached hydrogens (primary N) is 1. The zero-order valence-corrected chi connectivity index (χ0v) is 11.6. The fraction of sp³-hybridized carbons (Fsp3) is 0.500. The third-order valence-corrected chi connectivity index (χ3v) is 4.62. The highest BCUT2D eigenvalue weighted by Gasteiger charge is 2.22. The molecule has 6 heteroatoms. The van der Waals surface area contributed by atoms with E-state index in [2.05, 4.69) is 4.72 Å². The molecule has 1 rings (SSSR count). The molecule has 102 valence electrons. The minimum atomic E-state index is -3.66. The minimum absolute atomic E-state index is 0.135. The van der Waals surface area contributed by atoms with E-state index in [1.54, 1.807) is 13.8 Å². The first-order chi connectivity index (χ1) is 8.31. The molecule has 0 heterocycles. The minimum Gasteiger partial charge on any atom is -0.329 e. The summed E-state index contributed by atoms with van der Waals surface area (Å²) in [5, 5.41) is 0. The predicted molar refractivity (Wildman–Crippen MR) is 69.3 cm³/mol. The lowest BCUT2D eigenvalue weighted by molar-refractivity contribution is 0.541. The van der Waals surface area contributed by atoms with Crippen LogP contribution in [-0.4, -0.2) is 21.0 Å². The molecule has 1 aromatic rings. The van der Waals surface area contributed by atoms with Crippen LogP contribution in [0.4, 0.5) is 4.39 Å². The molecule has 1 aromatic carbocycles. The zero-order valence-electron chi connectivity index (χ0n) is 10.8. The maximum Gasteiger partial charge on any atom is 0.241 e. The van der Waals surface area contributed by atoms with Crippen LogP contribution >= 0.6 is 0 Å². The maximum absolute atomic E-state index is 13.2. The van der Waals surface area contributed by atoms with Gasteiger partial charge in [-0.15, -0.1) is 0 Å². The Kier molecular flexibility index (Phi) is 4.84. The van der Waals surface area contributed by atoms with Gasteiger partial charge in [0.05, 0.1) is 4.90 Å². The number of nitrogens with one attached hydrogen (secondary N) is 1. The van der Waals surface area contributed by atoms with Crippen LogP contribution in [-0.2, 0) is 10.0 Å². The zero-order chi connectivity index (χ0) is 13.9. The summed E-state index contributed by atoms with van der Waals surface area (Å²) in [5.41, 5.74) is 6.27. The molecule has 4 nitrogen and oxygen atoms in total. The number of hydrogen-bond acceptors (Lipinski definition) is 3. The van der Waals surface area contributed by atoms with Gasteiger partial charge in [-0.3, -0.25) is 0 Å². The van der Waals surface area contributed by atoms with E-state index in [0.29, 0.717) is 17.5 Å². The molecule has 3 N–H and O–H groups in total. The Bertz CT molecular complexity index is 502. The fourth-order valence-corrected chi connectivity index (χ4v) is 3.68. The first-order valence-corrected chi connectivity index (χ1v) is 7.29. The molecule has 0 saturated carbocycles. The summed E-state index contributed by atoms with van der Waals surface area (Å²) < 4.78 is 40.1. The van der Waals surface area contributed by atoms with Crippen molar-refractivity contribution in [2.24, 2.45) is 5.73 Å². The summed E-state index contributed by atoms with van der Waals surface area (Å²) in [6.07, 6.45) is 0.606. The summed E-state index contributed by atoms with van der Waals surface area (Å²) in [7, 11) is -3.66. The second-order valence-corrected chi connectivity index (χ2v) is 5.98. The van der Waals surface area contributed by atoms with Crippen LogP contribution in [0.25, 0.3) is 0 Å². The Morgan fingerprint density at radius 2 is 1.83 bits per heavy atom. The third kappa shape index (κ3) is 3.28. The van der Waals surface area contributed by atoms with Crippen LogP contribution in [0.3, 0.4) is 0 Å². The number of hydrogen-bond donors (Lipinski definition) is 2. The standard InChI is InChI=1S/C12H19FN2O2S/c1-4-11(7-14)15-18(16,17)12-8(2)5-10(13)6-9(12)3/h5-6,11,15H,4,7,14H2,1-3H3. The van der Waals surface area contributed by atoms with E-state index in [0.717, 1.165) is 0 Å². The first-order valence-electron chi connectivity index (χ1n) is 5.81. The highest BCUT2D eigenvalue weighted by atomic mass is 32.2. The molecule has 0 saturated heterocycles. The van der Waals surface area contributed by atoms with Gasteiger partial charge in [-0.1, -0.05) is 6.92 Å². The van der Waals surface area contributed by atoms with Gasteiger partial charge in [0, 0.05) is 12.6 Å². The van der Waals surface area contributed by atoms with Crippen molar-refractivity contribution in [3.63, 3.8) is 0 Å². The van der Waals surface area contributed by atoms with Crippen molar-refractivity contribution in [3.05, 3.63) is 29.1 Å². The van der Waals surface area contributed by atoms with Gasteiger partial charge in [0.1, 0.15) is 5.82 Å². The molecule has 0 fully saturated rings. The quantitative estimate of drug-likeness (QED) is 0.853. The molecule has 0 aromatic heterocycles. The monoisotopic (exact) mass is 274 g/mol. The first kappa shape index (κ1) is 15.1. The Morgan fingerprint density at radius 1 is 1.33 bits per heavy atom. The Morgan fingerprint density at radius 3 is 2.22 bits per heavy atom. The summed E-state index contributed by atoms with van der Waals surface area (Å²) in [6, 6.07) is 2.12. The van der Waals surface area contributed by atoms with E-state index < -0.39 is 15.8 Å². The molecule has 0 aliphatic rings. The fourth-order valence-electron chi connectivity index (χ4n) is 1.90. The molecule has 0 aliphatic heterocycles. The Labute approximate surface area is 107 Å². The van der Waals surface area contributed by atoms with Gasteiger partial charge >= 0.3 is 0 Å². The van der Waals surface area contributed by atoms with Gasteiger partial charge in [-0.2, -0.15) is 0 Å². The van der Waals surface area contributed by atoms with Crippen LogP contribution in [0.15, 0.2) is 17.0 Å². The van der Waals surface area contributed by atoms with Gasteiger partial charge in [-0.25, -0.2) is 17.5 Å².